The van der Waals surface area contributed by atoms with E-state index in [1.165, 1.54) is 11.1 Å². The van der Waals surface area contributed by atoms with Gasteiger partial charge in [0, 0.05) is 5.92 Å². The molecule has 1 aliphatic rings. The van der Waals surface area contributed by atoms with Crippen LogP contribution in [0.1, 0.15) is 41.7 Å². The van der Waals surface area contributed by atoms with E-state index in [4.69, 9.17) is 4.42 Å². The Bertz CT molecular complexity index is 544. The molecule has 3 rings (SSSR count). The van der Waals surface area contributed by atoms with Crippen molar-refractivity contribution in [3.05, 3.63) is 47.2 Å². The Hall–Kier alpha value is -1.68. The molecule has 0 atom stereocenters. The summed E-state index contributed by atoms with van der Waals surface area (Å²) in [5.74, 6) is 1.96. The number of nitrogens with zero attached hydrogens (tertiary/aromatic N) is 2. The third-order valence-electron chi connectivity index (χ3n) is 3.61. The van der Waals surface area contributed by atoms with E-state index >= 15 is 0 Å². The van der Waals surface area contributed by atoms with Gasteiger partial charge < -0.3 is 9.73 Å². The molecule has 0 aliphatic carbocycles. The van der Waals surface area contributed by atoms with Crippen molar-refractivity contribution in [3.8, 4) is 0 Å². The zero-order valence-corrected chi connectivity index (χ0v) is 11.2. The van der Waals surface area contributed by atoms with E-state index in [1.807, 2.05) is 0 Å². The van der Waals surface area contributed by atoms with Gasteiger partial charge in [-0.1, -0.05) is 29.8 Å². The van der Waals surface area contributed by atoms with Crippen molar-refractivity contribution in [2.24, 2.45) is 0 Å². The average molecular weight is 257 g/mol. The van der Waals surface area contributed by atoms with Gasteiger partial charge in [0.15, 0.2) is 0 Å². The molecule has 1 saturated heterocycles. The lowest BCUT2D eigenvalue weighted by Gasteiger charge is -2.18. The molecule has 2 aromatic rings. The Kier molecular flexibility index (Phi) is 3.60. The molecule has 1 fully saturated rings. The van der Waals surface area contributed by atoms with Gasteiger partial charge in [-0.2, -0.15) is 0 Å². The first-order valence-corrected chi connectivity index (χ1v) is 6.90. The summed E-state index contributed by atoms with van der Waals surface area (Å²) in [6.07, 6.45) is 2.90. The van der Waals surface area contributed by atoms with Gasteiger partial charge in [-0.15, -0.1) is 10.2 Å². The van der Waals surface area contributed by atoms with Crippen LogP contribution < -0.4 is 5.32 Å². The van der Waals surface area contributed by atoms with Crippen molar-refractivity contribution in [1.82, 2.24) is 15.5 Å². The first-order chi connectivity index (χ1) is 9.31. The summed E-state index contributed by atoms with van der Waals surface area (Å²) in [6, 6.07) is 8.42. The van der Waals surface area contributed by atoms with Gasteiger partial charge in [-0.3, -0.25) is 0 Å². The molecule has 0 unspecified atom stereocenters. The molecule has 4 heteroatoms. The van der Waals surface area contributed by atoms with Crippen LogP contribution in [0, 0.1) is 6.92 Å². The molecular formula is C15H19N3O. The third-order valence-corrected chi connectivity index (χ3v) is 3.61. The molecular weight excluding hydrogens is 238 g/mol. The Balaban J connectivity index is 1.70. The van der Waals surface area contributed by atoms with Crippen molar-refractivity contribution in [3.63, 3.8) is 0 Å². The second-order valence-corrected chi connectivity index (χ2v) is 5.22. The molecule has 1 aromatic carbocycles. The fourth-order valence-corrected chi connectivity index (χ4v) is 2.57. The van der Waals surface area contributed by atoms with Crippen LogP contribution in [0.15, 0.2) is 28.7 Å². The van der Waals surface area contributed by atoms with Crippen LogP contribution in [0.3, 0.4) is 0 Å². The molecule has 1 aliphatic heterocycles. The Morgan fingerprint density at radius 1 is 1.26 bits per heavy atom. The monoisotopic (exact) mass is 257 g/mol. The molecule has 0 radical (unpaired) electrons. The molecule has 0 spiro atoms. The maximum absolute atomic E-state index is 5.82. The lowest BCUT2D eigenvalue weighted by Crippen LogP contribution is -2.26. The van der Waals surface area contributed by atoms with E-state index in [0.29, 0.717) is 5.92 Å². The standard InChI is InChI=1S/C15H19N3O/c1-11-3-2-4-12(9-11)10-14-17-18-15(19-14)13-5-7-16-8-6-13/h2-4,9,13,16H,5-8,10H2,1H3. The van der Waals surface area contributed by atoms with Gasteiger partial charge >= 0.3 is 0 Å². The van der Waals surface area contributed by atoms with Crippen LogP contribution in [-0.2, 0) is 6.42 Å². The summed E-state index contributed by atoms with van der Waals surface area (Å²) in [5.41, 5.74) is 2.48. The summed E-state index contributed by atoms with van der Waals surface area (Å²) in [7, 11) is 0. The van der Waals surface area contributed by atoms with Crippen molar-refractivity contribution in [2.75, 3.05) is 13.1 Å². The topological polar surface area (TPSA) is 51.0 Å². The molecule has 0 amide bonds. The number of aromatic nitrogens is 2. The van der Waals surface area contributed by atoms with Gasteiger partial charge in [0.05, 0.1) is 6.42 Å². The molecule has 0 saturated carbocycles. The zero-order chi connectivity index (χ0) is 13.1. The summed E-state index contributed by atoms with van der Waals surface area (Å²) >= 11 is 0. The van der Waals surface area contributed by atoms with Crippen LogP contribution in [0.5, 0.6) is 0 Å². The average Bonchev–Trinajstić information content (AvgIpc) is 2.88. The fraction of sp³-hybridized carbons (Fsp3) is 0.467. The van der Waals surface area contributed by atoms with E-state index in [0.717, 1.165) is 44.1 Å². The first kappa shape index (κ1) is 12.4. The van der Waals surface area contributed by atoms with Crippen LogP contribution in [0.4, 0.5) is 0 Å². The number of hydrogen-bond acceptors (Lipinski definition) is 4. The van der Waals surface area contributed by atoms with Gasteiger partial charge in [0.25, 0.3) is 0 Å². The molecule has 100 valence electrons. The molecule has 1 aromatic heterocycles. The number of aryl methyl sites for hydroxylation is 1. The van der Waals surface area contributed by atoms with Crippen LogP contribution in [0.25, 0.3) is 0 Å². The van der Waals surface area contributed by atoms with E-state index in [-0.39, 0.29) is 0 Å². The van der Waals surface area contributed by atoms with E-state index in [1.54, 1.807) is 0 Å². The lowest BCUT2D eigenvalue weighted by molar-refractivity contribution is 0.363. The third kappa shape index (κ3) is 3.01. The molecule has 4 nitrogen and oxygen atoms in total. The second-order valence-electron chi connectivity index (χ2n) is 5.22. The van der Waals surface area contributed by atoms with Crippen molar-refractivity contribution in [1.29, 1.82) is 0 Å². The number of nitrogens with one attached hydrogen (secondary N) is 1. The number of hydrogen-bond donors (Lipinski definition) is 1. The van der Waals surface area contributed by atoms with Gasteiger partial charge in [0.1, 0.15) is 0 Å². The Morgan fingerprint density at radius 3 is 2.89 bits per heavy atom. The van der Waals surface area contributed by atoms with Gasteiger partial charge in [-0.05, 0) is 38.4 Å². The number of benzene rings is 1. The number of rotatable bonds is 3. The summed E-state index contributed by atoms with van der Waals surface area (Å²) in [6.45, 7) is 4.18. The highest BCUT2D eigenvalue weighted by Crippen LogP contribution is 2.24. The molecule has 19 heavy (non-hydrogen) atoms. The van der Waals surface area contributed by atoms with E-state index in [2.05, 4.69) is 46.7 Å². The van der Waals surface area contributed by atoms with E-state index < -0.39 is 0 Å². The highest BCUT2D eigenvalue weighted by molar-refractivity contribution is 5.24. The highest BCUT2D eigenvalue weighted by Gasteiger charge is 2.20. The second kappa shape index (κ2) is 5.53. The predicted octanol–water partition coefficient (Wildman–Crippen LogP) is 2.44. The first-order valence-electron chi connectivity index (χ1n) is 6.90. The van der Waals surface area contributed by atoms with Crippen LogP contribution in [-0.4, -0.2) is 23.3 Å². The molecule has 1 N–H and O–H groups in total. The Morgan fingerprint density at radius 2 is 2.11 bits per heavy atom. The quantitative estimate of drug-likeness (QED) is 0.917. The highest BCUT2D eigenvalue weighted by atomic mass is 16.4. The van der Waals surface area contributed by atoms with Crippen molar-refractivity contribution in [2.45, 2.75) is 32.1 Å². The largest absolute Gasteiger partial charge is 0.425 e. The normalized spacial score (nSPS) is 16.7. The summed E-state index contributed by atoms with van der Waals surface area (Å²) in [5, 5.41) is 11.7. The minimum Gasteiger partial charge on any atom is -0.425 e. The van der Waals surface area contributed by atoms with Crippen molar-refractivity contribution < 1.29 is 4.42 Å². The minimum absolute atomic E-state index is 0.431. The lowest BCUT2D eigenvalue weighted by atomic mass is 9.98. The summed E-state index contributed by atoms with van der Waals surface area (Å²) in [4.78, 5) is 0. The van der Waals surface area contributed by atoms with Gasteiger partial charge in [0.2, 0.25) is 11.8 Å². The maximum Gasteiger partial charge on any atom is 0.220 e. The van der Waals surface area contributed by atoms with Gasteiger partial charge in [-0.25, -0.2) is 0 Å². The zero-order valence-electron chi connectivity index (χ0n) is 11.2. The fourth-order valence-electron chi connectivity index (χ4n) is 2.57. The SMILES string of the molecule is Cc1cccc(Cc2nnc(C3CCNCC3)o2)c1. The maximum atomic E-state index is 5.82. The van der Waals surface area contributed by atoms with Crippen molar-refractivity contribution >= 4 is 0 Å². The summed E-state index contributed by atoms with van der Waals surface area (Å²) < 4.78 is 5.82. The van der Waals surface area contributed by atoms with E-state index in [9.17, 15) is 0 Å². The van der Waals surface area contributed by atoms with Crippen LogP contribution >= 0.6 is 0 Å². The minimum atomic E-state index is 0.431. The predicted molar refractivity (Wildman–Crippen MR) is 73.1 cm³/mol. The Labute approximate surface area is 113 Å². The number of piperidine rings is 1. The molecule has 0 bridgehead atoms. The smallest absolute Gasteiger partial charge is 0.220 e. The molecule has 2 heterocycles. The van der Waals surface area contributed by atoms with Crippen LogP contribution in [0.2, 0.25) is 0 Å².